The SMILES string of the molecule is COc1ccc(NC2Sc3ccccc3NC2=O)cc1S(=O)(=O)N1CCOCC1. The number of carbonyl (C=O) groups excluding carboxylic acids is 1. The minimum Gasteiger partial charge on any atom is -0.495 e. The Morgan fingerprint density at radius 2 is 1.97 bits per heavy atom. The molecule has 4 rings (SSSR count). The highest BCUT2D eigenvalue weighted by molar-refractivity contribution is 8.01. The zero-order chi connectivity index (χ0) is 20.4. The number of para-hydroxylation sites is 1. The second-order valence-electron chi connectivity index (χ2n) is 6.51. The number of sulfonamides is 1. The summed E-state index contributed by atoms with van der Waals surface area (Å²) in [7, 11) is -2.32. The van der Waals surface area contributed by atoms with Gasteiger partial charge in [0.25, 0.3) is 5.91 Å². The molecular formula is C19H21N3O5S2. The van der Waals surface area contributed by atoms with Crippen LogP contribution in [0.25, 0.3) is 0 Å². The van der Waals surface area contributed by atoms with Gasteiger partial charge in [0.1, 0.15) is 10.6 Å². The normalized spacial score (nSPS) is 19.9. The Labute approximate surface area is 173 Å². The van der Waals surface area contributed by atoms with Gasteiger partial charge in [0.15, 0.2) is 5.37 Å². The Bertz CT molecular complexity index is 1020. The van der Waals surface area contributed by atoms with Crippen LogP contribution in [0, 0.1) is 0 Å². The van der Waals surface area contributed by atoms with Crippen molar-refractivity contribution in [1.82, 2.24) is 4.31 Å². The van der Waals surface area contributed by atoms with Crippen molar-refractivity contribution in [3.05, 3.63) is 42.5 Å². The molecule has 1 atom stereocenters. The molecule has 2 aromatic carbocycles. The van der Waals surface area contributed by atoms with Gasteiger partial charge in [-0.25, -0.2) is 8.42 Å². The van der Waals surface area contributed by atoms with Gasteiger partial charge >= 0.3 is 0 Å². The first-order valence-corrected chi connectivity index (χ1v) is 11.4. The van der Waals surface area contributed by atoms with E-state index < -0.39 is 15.4 Å². The number of carbonyl (C=O) groups is 1. The van der Waals surface area contributed by atoms with E-state index in [0.717, 1.165) is 10.6 Å². The molecule has 0 spiro atoms. The van der Waals surface area contributed by atoms with Crippen molar-refractivity contribution in [3.63, 3.8) is 0 Å². The van der Waals surface area contributed by atoms with Crippen LogP contribution in [-0.4, -0.2) is 57.4 Å². The summed E-state index contributed by atoms with van der Waals surface area (Å²) in [6.45, 7) is 1.30. The van der Waals surface area contributed by atoms with Gasteiger partial charge in [-0.15, -0.1) is 0 Å². The molecule has 29 heavy (non-hydrogen) atoms. The molecule has 2 N–H and O–H groups in total. The van der Waals surface area contributed by atoms with E-state index in [0.29, 0.717) is 32.0 Å². The molecule has 0 saturated carbocycles. The molecule has 10 heteroatoms. The summed E-state index contributed by atoms with van der Waals surface area (Å²) < 4.78 is 38.2. The monoisotopic (exact) mass is 435 g/mol. The van der Waals surface area contributed by atoms with Gasteiger partial charge in [-0.2, -0.15) is 4.31 Å². The average molecular weight is 436 g/mol. The molecule has 2 heterocycles. The van der Waals surface area contributed by atoms with Crippen molar-refractivity contribution >= 4 is 39.1 Å². The van der Waals surface area contributed by atoms with Crippen LogP contribution in [-0.2, 0) is 19.6 Å². The lowest BCUT2D eigenvalue weighted by atomic mass is 10.3. The number of thioether (sulfide) groups is 1. The predicted octanol–water partition coefficient (Wildman–Crippen LogP) is 2.20. The van der Waals surface area contributed by atoms with E-state index in [2.05, 4.69) is 10.6 Å². The van der Waals surface area contributed by atoms with Gasteiger partial charge < -0.3 is 20.1 Å². The van der Waals surface area contributed by atoms with Crippen LogP contribution in [0.1, 0.15) is 0 Å². The highest BCUT2D eigenvalue weighted by Crippen LogP contribution is 2.37. The molecule has 0 radical (unpaired) electrons. The second-order valence-corrected chi connectivity index (χ2v) is 9.56. The molecule has 1 saturated heterocycles. The quantitative estimate of drug-likeness (QED) is 0.743. The van der Waals surface area contributed by atoms with Crippen molar-refractivity contribution in [2.24, 2.45) is 0 Å². The maximum atomic E-state index is 13.1. The summed E-state index contributed by atoms with van der Waals surface area (Å²) in [5.74, 6) is 0.0650. The zero-order valence-corrected chi connectivity index (χ0v) is 17.4. The summed E-state index contributed by atoms with van der Waals surface area (Å²) in [6.07, 6.45) is 0. The lowest BCUT2D eigenvalue weighted by Crippen LogP contribution is -2.40. The van der Waals surface area contributed by atoms with Crippen LogP contribution in [0.3, 0.4) is 0 Å². The first-order valence-electron chi connectivity index (χ1n) is 9.08. The van der Waals surface area contributed by atoms with Gasteiger partial charge in [-0.1, -0.05) is 23.9 Å². The molecule has 1 fully saturated rings. The molecule has 0 aromatic heterocycles. The van der Waals surface area contributed by atoms with Crippen LogP contribution in [0.2, 0.25) is 0 Å². The molecule has 1 amide bonds. The maximum absolute atomic E-state index is 13.1. The van der Waals surface area contributed by atoms with Gasteiger partial charge in [0.2, 0.25) is 10.0 Å². The van der Waals surface area contributed by atoms with Gasteiger partial charge in [-0.05, 0) is 30.3 Å². The maximum Gasteiger partial charge on any atom is 0.257 e. The van der Waals surface area contributed by atoms with Crippen LogP contribution < -0.4 is 15.4 Å². The Balaban J connectivity index is 1.61. The number of nitrogens with zero attached hydrogens (tertiary/aromatic N) is 1. The van der Waals surface area contributed by atoms with Crippen LogP contribution >= 0.6 is 11.8 Å². The Morgan fingerprint density at radius 1 is 1.21 bits per heavy atom. The van der Waals surface area contributed by atoms with E-state index in [1.54, 1.807) is 12.1 Å². The van der Waals surface area contributed by atoms with Gasteiger partial charge in [0, 0.05) is 23.7 Å². The Kier molecular flexibility index (Phi) is 5.68. The number of hydrogen-bond acceptors (Lipinski definition) is 7. The number of rotatable bonds is 5. The number of morpholine rings is 1. The first-order chi connectivity index (χ1) is 14.0. The lowest BCUT2D eigenvalue weighted by Gasteiger charge is -2.28. The number of anilines is 2. The molecule has 1 unspecified atom stereocenters. The third kappa shape index (κ3) is 4.06. The topological polar surface area (TPSA) is 97.0 Å². The van der Waals surface area contributed by atoms with Crippen molar-refractivity contribution in [2.75, 3.05) is 44.0 Å². The van der Waals surface area contributed by atoms with E-state index >= 15 is 0 Å². The fourth-order valence-electron chi connectivity index (χ4n) is 3.19. The Morgan fingerprint density at radius 3 is 2.72 bits per heavy atom. The highest BCUT2D eigenvalue weighted by atomic mass is 32.2. The largest absolute Gasteiger partial charge is 0.495 e. The highest BCUT2D eigenvalue weighted by Gasteiger charge is 2.31. The number of fused-ring (bicyclic) bond motifs is 1. The third-order valence-electron chi connectivity index (χ3n) is 4.68. The van der Waals surface area contributed by atoms with Crippen LogP contribution in [0.15, 0.2) is 52.3 Å². The summed E-state index contributed by atoms with van der Waals surface area (Å²) in [4.78, 5) is 13.5. The summed E-state index contributed by atoms with van der Waals surface area (Å²) in [5, 5.41) is 5.40. The summed E-state index contributed by atoms with van der Waals surface area (Å²) in [6, 6.07) is 12.3. The zero-order valence-electron chi connectivity index (χ0n) is 15.8. The second kappa shape index (κ2) is 8.23. The average Bonchev–Trinajstić information content (AvgIpc) is 2.75. The van der Waals surface area contributed by atoms with Crippen LogP contribution in [0.5, 0.6) is 5.75 Å². The lowest BCUT2D eigenvalue weighted by molar-refractivity contribution is -0.115. The molecule has 0 bridgehead atoms. The van der Waals surface area contributed by atoms with E-state index in [1.165, 1.54) is 29.2 Å². The number of ether oxygens (including phenoxy) is 2. The van der Waals surface area contributed by atoms with E-state index in [9.17, 15) is 13.2 Å². The number of benzene rings is 2. The number of methoxy groups -OCH3 is 1. The summed E-state index contributed by atoms with van der Waals surface area (Å²) >= 11 is 1.38. The Hall–Kier alpha value is -2.27. The fourth-order valence-corrected chi connectivity index (χ4v) is 5.80. The predicted molar refractivity (Wildman–Crippen MR) is 111 cm³/mol. The summed E-state index contributed by atoms with van der Waals surface area (Å²) in [5.41, 5.74) is 1.29. The molecule has 8 nitrogen and oxygen atoms in total. The standard InChI is InChI=1S/C19H21N3O5S2/c1-26-15-7-6-13(12-17(15)29(24,25)22-8-10-27-11-9-22)20-19-18(23)21-14-4-2-3-5-16(14)28-19/h2-7,12,19-20H,8-11H2,1H3,(H,21,23). The molecule has 2 aliphatic rings. The minimum atomic E-state index is -3.75. The molecule has 2 aromatic rings. The molecule has 2 aliphatic heterocycles. The smallest absolute Gasteiger partial charge is 0.257 e. The molecular weight excluding hydrogens is 414 g/mol. The fraction of sp³-hybridized carbons (Fsp3) is 0.316. The minimum absolute atomic E-state index is 0.0634. The molecule has 154 valence electrons. The van der Waals surface area contributed by atoms with E-state index in [1.807, 2.05) is 24.3 Å². The first kappa shape index (κ1) is 20.0. The van der Waals surface area contributed by atoms with E-state index in [-0.39, 0.29) is 16.6 Å². The number of nitrogens with one attached hydrogen (secondary N) is 2. The van der Waals surface area contributed by atoms with Gasteiger partial charge in [0.05, 0.1) is 26.0 Å². The molecule has 0 aliphatic carbocycles. The third-order valence-corrected chi connectivity index (χ3v) is 7.77. The van der Waals surface area contributed by atoms with Crippen molar-refractivity contribution < 1.29 is 22.7 Å². The van der Waals surface area contributed by atoms with Crippen LogP contribution in [0.4, 0.5) is 11.4 Å². The number of amides is 1. The van der Waals surface area contributed by atoms with Gasteiger partial charge in [-0.3, -0.25) is 4.79 Å². The van der Waals surface area contributed by atoms with Crippen molar-refractivity contribution in [1.29, 1.82) is 0 Å². The van der Waals surface area contributed by atoms with Crippen molar-refractivity contribution in [2.45, 2.75) is 15.2 Å². The van der Waals surface area contributed by atoms with E-state index in [4.69, 9.17) is 9.47 Å². The van der Waals surface area contributed by atoms with Crippen molar-refractivity contribution in [3.8, 4) is 5.75 Å². The number of hydrogen-bond donors (Lipinski definition) is 2.